The lowest BCUT2D eigenvalue weighted by atomic mass is 10.1. The summed E-state index contributed by atoms with van der Waals surface area (Å²) >= 11 is 0. The molecule has 1 aromatic carbocycles. The van der Waals surface area contributed by atoms with Gasteiger partial charge >= 0.3 is 0 Å². The number of hydrogen-bond acceptors (Lipinski definition) is 5. The highest BCUT2D eigenvalue weighted by atomic mass is 32.2. The van der Waals surface area contributed by atoms with E-state index in [9.17, 15) is 13.2 Å². The fourth-order valence-electron chi connectivity index (χ4n) is 3.96. The van der Waals surface area contributed by atoms with Crippen molar-refractivity contribution in [3.63, 3.8) is 0 Å². The van der Waals surface area contributed by atoms with Crippen molar-refractivity contribution in [2.24, 2.45) is 0 Å². The summed E-state index contributed by atoms with van der Waals surface area (Å²) < 4.78 is 27.5. The van der Waals surface area contributed by atoms with E-state index in [1.807, 2.05) is 26.2 Å². The van der Waals surface area contributed by atoms with Crippen molar-refractivity contribution in [2.75, 3.05) is 55.6 Å². The van der Waals surface area contributed by atoms with E-state index in [2.05, 4.69) is 14.5 Å². The van der Waals surface area contributed by atoms with Crippen LogP contribution in [0.4, 0.5) is 11.4 Å². The van der Waals surface area contributed by atoms with Gasteiger partial charge in [-0.3, -0.25) is 9.52 Å². The smallest absolute Gasteiger partial charge is 0.241 e. The van der Waals surface area contributed by atoms with Gasteiger partial charge in [0.25, 0.3) is 0 Å². The molecule has 2 aliphatic rings. The Morgan fingerprint density at radius 2 is 1.75 bits per heavy atom. The Kier molecular flexibility index (Phi) is 6.82. The number of nitrogens with one attached hydrogen (secondary N) is 1. The number of anilines is 2. The molecule has 3 rings (SSSR count). The summed E-state index contributed by atoms with van der Waals surface area (Å²) in [4.78, 5) is 18.6. The van der Waals surface area contributed by atoms with Gasteiger partial charge in [0.1, 0.15) is 5.75 Å². The maximum absolute atomic E-state index is 12.5. The molecule has 0 spiro atoms. The molecule has 156 valence electrons. The molecule has 0 aliphatic carbocycles. The average Bonchev–Trinajstić information content (AvgIpc) is 2.68. The van der Waals surface area contributed by atoms with E-state index < -0.39 is 15.8 Å². The Morgan fingerprint density at radius 3 is 2.39 bits per heavy atom. The molecular weight excluding hydrogens is 376 g/mol. The molecule has 0 aromatic heterocycles. The van der Waals surface area contributed by atoms with Gasteiger partial charge in [0.15, 0.2) is 0 Å². The maximum Gasteiger partial charge on any atom is 0.241 e. The Balaban J connectivity index is 1.56. The molecule has 1 N–H and O–H groups in total. The van der Waals surface area contributed by atoms with Crippen molar-refractivity contribution in [1.82, 2.24) is 9.80 Å². The van der Waals surface area contributed by atoms with Crippen LogP contribution in [0, 0.1) is 0 Å². The van der Waals surface area contributed by atoms with Crippen molar-refractivity contribution in [3.05, 3.63) is 24.3 Å². The van der Waals surface area contributed by atoms with E-state index in [-0.39, 0.29) is 11.9 Å². The molecule has 2 saturated heterocycles. The van der Waals surface area contributed by atoms with Gasteiger partial charge in [-0.05, 0) is 70.5 Å². The second-order valence-electron chi connectivity index (χ2n) is 8.06. The van der Waals surface area contributed by atoms with E-state index in [0.717, 1.165) is 31.6 Å². The minimum Gasteiger partial charge on any atom is -0.372 e. The number of carbonyl (C=O) groups excluding carboxylic acids is 1. The summed E-state index contributed by atoms with van der Waals surface area (Å²) in [7, 11) is 0.254. The van der Waals surface area contributed by atoms with Crippen LogP contribution < -0.4 is 9.62 Å². The Hall–Kier alpha value is -1.80. The fourth-order valence-corrected chi connectivity index (χ4v) is 5.04. The van der Waals surface area contributed by atoms with E-state index >= 15 is 0 Å². The molecule has 1 unspecified atom stereocenters. The molecule has 7 nitrogen and oxygen atoms in total. The van der Waals surface area contributed by atoms with E-state index in [4.69, 9.17) is 0 Å². The molecular formula is C20H32N4O3S. The van der Waals surface area contributed by atoms with Crippen LogP contribution in [0.3, 0.4) is 0 Å². The first-order valence-corrected chi connectivity index (χ1v) is 11.8. The number of amides is 1. The number of hydrogen-bond donors (Lipinski definition) is 1. The number of sulfonamides is 1. The van der Waals surface area contributed by atoms with Crippen molar-refractivity contribution in [2.45, 2.75) is 38.1 Å². The number of likely N-dealkylation sites (tertiary alicyclic amines) is 1. The SMILES string of the molecule is CN(C)C1CCCN(C(=O)CS(=O)(=O)Nc2ccc(N3CCCCC3)cc2)C1. The number of carbonyl (C=O) groups is 1. The molecule has 1 amide bonds. The number of nitrogens with zero attached hydrogens (tertiary/aromatic N) is 3. The second-order valence-corrected chi connectivity index (χ2v) is 9.78. The number of piperidine rings is 2. The van der Waals surface area contributed by atoms with Gasteiger partial charge in [-0.15, -0.1) is 0 Å². The van der Waals surface area contributed by atoms with Crippen molar-refractivity contribution in [3.8, 4) is 0 Å². The van der Waals surface area contributed by atoms with Gasteiger partial charge in [-0.1, -0.05) is 0 Å². The first kappa shape index (κ1) is 20.9. The predicted octanol–water partition coefficient (Wildman–Crippen LogP) is 1.97. The van der Waals surface area contributed by atoms with Crippen LogP contribution >= 0.6 is 0 Å². The lowest BCUT2D eigenvalue weighted by Crippen LogP contribution is -2.49. The van der Waals surface area contributed by atoms with Crippen LogP contribution in [0.25, 0.3) is 0 Å². The van der Waals surface area contributed by atoms with Gasteiger partial charge in [-0.2, -0.15) is 0 Å². The van der Waals surface area contributed by atoms with Gasteiger partial charge in [0, 0.05) is 43.6 Å². The third-order valence-corrected chi connectivity index (χ3v) is 6.83. The Labute approximate surface area is 168 Å². The van der Waals surface area contributed by atoms with Gasteiger partial charge in [0.05, 0.1) is 0 Å². The number of rotatable bonds is 6. The molecule has 2 heterocycles. The third kappa shape index (κ3) is 5.61. The average molecular weight is 409 g/mol. The van der Waals surface area contributed by atoms with Crippen LogP contribution in [0.15, 0.2) is 24.3 Å². The lowest BCUT2D eigenvalue weighted by molar-refractivity contribution is -0.130. The number of benzene rings is 1. The van der Waals surface area contributed by atoms with Crippen LogP contribution in [0.5, 0.6) is 0 Å². The predicted molar refractivity (Wildman–Crippen MR) is 113 cm³/mol. The summed E-state index contributed by atoms with van der Waals surface area (Å²) in [6.45, 7) is 3.31. The highest BCUT2D eigenvalue weighted by Gasteiger charge is 2.28. The summed E-state index contributed by atoms with van der Waals surface area (Å²) in [6.07, 6.45) is 5.60. The molecule has 28 heavy (non-hydrogen) atoms. The first-order chi connectivity index (χ1) is 13.3. The number of likely N-dealkylation sites (N-methyl/N-ethyl adjacent to an activating group) is 1. The molecule has 1 aromatic rings. The molecule has 0 bridgehead atoms. The van der Waals surface area contributed by atoms with Crippen molar-refractivity contribution >= 4 is 27.3 Å². The zero-order chi connectivity index (χ0) is 20.1. The Bertz CT molecular complexity index is 758. The normalized spacial score (nSPS) is 21.0. The second kappa shape index (κ2) is 9.13. The summed E-state index contributed by atoms with van der Waals surface area (Å²) in [5.41, 5.74) is 1.61. The van der Waals surface area contributed by atoms with Crippen molar-refractivity contribution in [1.29, 1.82) is 0 Å². The molecule has 2 fully saturated rings. The van der Waals surface area contributed by atoms with E-state index in [1.54, 1.807) is 17.0 Å². The molecule has 1 atom stereocenters. The van der Waals surface area contributed by atoms with Gasteiger partial charge in [-0.25, -0.2) is 8.42 Å². The quantitative estimate of drug-likeness (QED) is 0.779. The summed E-state index contributed by atoms with van der Waals surface area (Å²) in [5, 5.41) is 0. The third-order valence-electron chi connectivity index (χ3n) is 5.65. The molecule has 0 saturated carbocycles. The molecule has 2 aliphatic heterocycles. The fraction of sp³-hybridized carbons (Fsp3) is 0.650. The van der Waals surface area contributed by atoms with Crippen LogP contribution in [-0.4, -0.2) is 76.2 Å². The minimum absolute atomic E-state index is 0.288. The van der Waals surface area contributed by atoms with Crippen LogP contribution in [0.1, 0.15) is 32.1 Å². The summed E-state index contributed by atoms with van der Waals surface area (Å²) in [6, 6.07) is 7.72. The largest absolute Gasteiger partial charge is 0.372 e. The Morgan fingerprint density at radius 1 is 1.07 bits per heavy atom. The highest BCUT2D eigenvalue weighted by Crippen LogP contribution is 2.22. The topological polar surface area (TPSA) is 73.0 Å². The van der Waals surface area contributed by atoms with Gasteiger partial charge in [0.2, 0.25) is 15.9 Å². The van der Waals surface area contributed by atoms with Gasteiger partial charge < -0.3 is 14.7 Å². The van der Waals surface area contributed by atoms with Crippen LogP contribution in [-0.2, 0) is 14.8 Å². The minimum atomic E-state index is -3.73. The molecule has 8 heteroatoms. The van der Waals surface area contributed by atoms with E-state index in [1.165, 1.54) is 19.3 Å². The first-order valence-electron chi connectivity index (χ1n) is 10.1. The highest BCUT2D eigenvalue weighted by molar-refractivity contribution is 7.93. The lowest BCUT2D eigenvalue weighted by Gasteiger charge is -2.36. The maximum atomic E-state index is 12.5. The van der Waals surface area contributed by atoms with Crippen molar-refractivity contribution < 1.29 is 13.2 Å². The zero-order valence-corrected chi connectivity index (χ0v) is 17.7. The molecule has 0 radical (unpaired) electrons. The summed E-state index contributed by atoms with van der Waals surface area (Å²) in [5.74, 6) is -0.843. The van der Waals surface area contributed by atoms with E-state index in [0.29, 0.717) is 18.8 Å². The standard InChI is InChI=1S/C20H32N4O3S/c1-22(2)19-7-6-14-24(15-19)20(25)16-28(26,27)21-17-8-10-18(11-9-17)23-12-4-3-5-13-23/h8-11,19,21H,3-7,12-16H2,1-2H3. The monoisotopic (exact) mass is 408 g/mol. The van der Waals surface area contributed by atoms with Crippen LogP contribution in [0.2, 0.25) is 0 Å². The zero-order valence-electron chi connectivity index (χ0n) is 16.9.